The Bertz CT molecular complexity index is 1020. The molecular weight excluding hydrogens is 382 g/mol. The SMILES string of the molecule is COc1ccccc1-c1nnc(SCC(=O)Nc2ccc3c(c2)OCO3)n1N. The highest BCUT2D eigenvalue weighted by Gasteiger charge is 2.17. The predicted molar refractivity (Wildman–Crippen MR) is 104 cm³/mol. The molecule has 1 aliphatic rings. The van der Waals surface area contributed by atoms with Crippen LogP contribution >= 0.6 is 11.8 Å². The number of nitrogens with zero attached hydrogens (tertiary/aromatic N) is 3. The zero-order valence-electron chi connectivity index (χ0n) is 14.9. The minimum absolute atomic E-state index is 0.121. The van der Waals surface area contributed by atoms with Crippen LogP contribution < -0.4 is 25.4 Å². The van der Waals surface area contributed by atoms with Gasteiger partial charge in [-0.25, -0.2) is 4.68 Å². The van der Waals surface area contributed by atoms with Gasteiger partial charge >= 0.3 is 0 Å². The van der Waals surface area contributed by atoms with Gasteiger partial charge in [0.2, 0.25) is 17.9 Å². The number of methoxy groups -OCH3 is 1. The molecule has 0 saturated carbocycles. The predicted octanol–water partition coefficient (Wildman–Crippen LogP) is 2.13. The first kappa shape index (κ1) is 18.0. The van der Waals surface area contributed by atoms with Crippen molar-refractivity contribution in [3.05, 3.63) is 42.5 Å². The molecule has 3 N–H and O–H groups in total. The summed E-state index contributed by atoms with van der Waals surface area (Å²) in [7, 11) is 1.58. The molecule has 0 spiro atoms. The van der Waals surface area contributed by atoms with Crippen molar-refractivity contribution in [2.24, 2.45) is 0 Å². The van der Waals surface area contributed by atoms with Crippen molar-refractivity contribution in [1.82, 2.24) is 14.9 Å². The summed E-state index contributed by atoms with van der Waals surface area (Å²) in [6, 6.07) is 12.6. The summed E-state index contributed by atoms with van der Waals surface area (Å²) in [4.78, 5) is 12.3. The van der Waals surface area contributed by atoms with E-state index in [9.17, 15) is 4.79 Å². The minimum Gasteiger partial charge on any atom is -0.496 e. The second kappa shape index (κ2) is 7.69. The van der Waals surface area contributed by atoms with E-state index < -0.39 is 0 Å². The third kappa shape index (κ3) is 3.54. The van der Waals surface area contributed by atoms with E-state index in [0.29, 0.717) is 33.9 Å². The lowest BCUT2D eigenvalue weighted by molar-refractivity contribution is -0.113. The average molecular weight is 399 g/mol. The maximum absolute atomic E-state index is 12.3. The van der Waals surface area contributed by atoms with E-state index in [4.69, 9.17) is 20.1 Å². The Morgan fingerprint density at radius 1 is 1.25 bits per heavy atom. The molecule has 3 aromatic rings. The van der Waals surface area contributed by atoms with Crippen molar-refractivity contribution in [2.45, 2.75) is 5.16 Å². The highest BCUT2D eigenvalue weighted by atomic mass is 32.2. The first-order chi connectivity index (χ1) is 13.7. The highest BCUT2D eigenvalue weighted by Crippen LogP contribution is 2.34. The molecule has 9 nitrogen and oxygen atoms in total. The molecular formula is C18H17N5O4S. The second-order valence-corrected chi connectivity index (χ2v) is 6.72. The van der Waals surface area contributed by atoms with Crippen LogP contribution in [0.25, 0.3) is 11.4 Å². The van der Waals surface area contributed by atoms with Gasteiger partial charge in [-0.05, 0) is 24.3 Å². The van der Waals surface area contributed by atoms with Gasteiger partial charge in [0.15, 0.2) is 17.3 Å². The van der Waals surface area contributed by atoms with E-state index in [1.165, 1.54) is 16.4 Å². The van der Waals surface area contributed by atoms with E-state index in [-0.39, 0.29) is 18.5 Å². The number of nitrogens with one attached hydrogen (secondary N) is 1. The molecule has 144 valence electrons. The molecule has 1 aliphatic heterocycles. The number of thioether (sulfide) groups is 1. The molecule has 1 amide bonds. The van der Waals surface area contributed by atoms with Gasteiger partial charge in [0.1, 0.15) is 5.75 Å². The number of anilines is 1. The molecule has 0 aliphatic carbocycles. The first-order valence-corrected chi connectivity index (χ1v) is 9.30. The number of aromatic nitrogens is 3. The van der Waals surface area contributed by atoms with Crippen LogP contribution in [0.15, 0.2) is 47.6 Å². The van der Waals surface area contributed by atoms with Crippen LogP contribution in [0.1, 0.15) is 0 Å². The lowest BCUT2D eigenvalue weighted by atomic mass is 10.2. The Morgan fingerprint density at radius 3 is 2.93 bits per heavy atom. The molecule has 0 radical (unpaired) electrons. The molecule has 2 aromatic carbocycles. The number of para-hydroxylation sites is 1. The van der Waals surface area contributed by atoms with Crippen molar-refractivity contribution in [1.29, 1.82) is 0 Å². The number of carbonyl (C=O) groups excluding carboxylic acids is 1. The number of amides is 1. The third-order valence-electron chi connectivity index (χ3n) is 4.00. The molecule has 10 heteroatoms. The fourth-order valence-corrected chi connectivity index (χ4v) is 3.35. The Balaban J connectivity index is 1.41. The number of ether oxygens (including phenoxy) is 3. The molecule has 0 fully saturated rings. The second-order valence-electron chi connectivity index (χ2n) is 5.78. The first-order valence-electron chi connectivity index (χ1n) is 8.32. The van der Waals surface area contributed by atoms with Crippen molar-refractivity contribution in [3.8, 4) is 28.6 Å². The summed E-state index contributed by atoms with van der Waals surface area (Å²) in [5, 5.41) is 11.4. The zero-order chi connectivity index (χ0) is 19.5. The lowest BCUT2D eigenvalue weighted by Crippen LogP contribution is -2.16. The number of fused-ring (bicyclic) bond motifs is 1. The Hall–Kier alpha value is -3.40. The normalized spacial score (nSPS) is 12.0. The van der Waals surface area contributed by atoms with Crippen molar-refractivity contribution in [3.63, 3.8) is 0 Å². The van der Waals surface area contributed by atoms with Gasteiger partial charge in [0.25, 0.3) is 0 Å². The topological polar surface area (TPSA) is 114 Å². The van der Waals surface area contributed by atoms with Gasteiger partial charge in [-0.1, -0.05) is 23.9 Å². The number of hydrogen-bond acceptors (Lipinski definition) is 8. The van der Waals surface area contributed by atoms with Crippen LogP contribution in [0.4, 0.5) is 5.69 Å². The van der Waals surface area contributed by atoms with Gasteiger partial charge in [-0.2, -0.15) is 0 Å². The standard InChI is InChI=1S/C18H17N5O4S/c1-25-13-5-3-2-4-12(13)17-21-22-18(23(17)19)28-9-16(24)20-11-6-7-14-15(8-11)27-10-26-14/h2-8H,9-10,19H2,1H3,(H,20,24). The maximum Gasteiger partial charge on any atom is 0.234 e. The quantitative estimate of drug-likeness (QED) is 0.479. The maximum atomic E-state index is 12.3. The number of hydrogen-bond donors (Lipinski definition) is 2. The van der Waals surface area contributed by atoms with Gasteiger partial charge in [-0.3, -0.25) is 4.79 Å². The number of nitrogen functional groups attached to an aromatic ring is 1. The van der Waals surface area contributed by atoms with E-state index in [1.807, 2.05) is 24.3 Å². The molecule has 0 unspecified atom stereocenters. The average Bonchev–Trinajstić information content (AvgIpc) is 3.32. The van der Waals surface area contributed by atoms with E-state index in [2.05, 4.69) is 15.5 Å². The molecule has 28 heavy (non-hydrogen) atoms. The number of rotatable bonds is 6. The Morgan fingerprint density at radius 2 is 2.07 bits per heavy atom. The number of nitrogens with two attached hydrogens (primary N) is 1. The van der Waals surface area contributed by atoms with Gasteiger partial charge in [0, 0.05) is 11.8 Å². The molecule has 0 bridgehead atoms. The molecule has 0 saturated heterocycles. The van der Waals surface area contributed by atoms with Gasteiger partial charge < -0.3 is 25.4 Å². The Kier molecular flexibility index (Phi) is 4.94. The highest BCUT2D eigenvalue weighted by molar-refractivity contribution is 7.99. The summed E-state index contributed by atoms with van der Waals surface area (Å²) in [6.45, 7) is 0.184. The van der Waals surface area contributed by atoms with Gasteiger partial charge in [0.05, 0.1) is 18.4 Å². The van der Waals surface area contributed by atoms with Crippen LogP contribution in [0, 0.1) is 0 Å². The van der Waals surface area contributed by atoms with Crippen LogP contribution in [0.5, 0.6) is 17.2 Å². The Labute approximate surface area is 164 Å². The van der Waals surface area contributed by atoms with Crippen molar-refractivity contribution >= 4 is 23.4 Å². The summed E-state index contributed by atoms with van der Waals surface area (Å²) in [5.41, 5.74) is 1.34. The number of carbonyl (C=O) groups is 1. The molecule has 4 rings (SSSR count). The third-order valence-corrected chi connectivity index (χ3v) is 4.94. The minimum atomic E-state index is -0.203. The van der Waals surface area contributed by atoms with Crippen molar-refractivity contribution < 1.29 is 19.0 Å². The fourth-order valence-electron chi connectivity index (χ4n) is 2.69. The van der Waals surface area contributed by atoms with E-state index >= 15 is 0 Å². The molecule has 1 aromatic heterocycles. The largest absolute Gasteiger partial charge is 0.496 e. The summed E-state index contributed by atoms with van der Waals surface area (Å²) >= 11 is 1.18. The van der Waals surface area contributed by atoms with Crippen LogP contribution in [-0.2, 0) is 4.79 Å². The summed E-state index contributed by atoms with van der Waals surface area (Å²) in [6.07, 6.45) is 0. The number of benzene rings is 2. The van der Waals surface area contributed by atoms with Crippen molar-refractivity contribution in [2.75, 3.05) is 30.8 Å². The monoisotopic (exact) mass is 399 g/mol. The molecule has 0 atom stereocenters. The van der Waals surface area contributed by atoms with Gasteiger partial charge in [-0.15, -0.1) is 10.2 Å². The zero-order valence-corrected chi connectivity index (χ0v) is 15.7. The summed E-state index contributed by atoms with van der Waals surface area (Å²) < 4.78 is 17.2. The van der Waals surface area contributed by atoms with Crippen LogP contribution in [0.3, 0.4) is 0 Å². The van der Waals surface area contributed by atoms with E-state index in [1.54, 1.807) is 25.3 Å². The smallest absolute Gasteiger partial charge is 0.234 e. The van der Waals surface area contributed by atoms with Crippen LogP contribution in [0.2, 0.25) is 0 Å². The molecule has 2 heterocycles. The summed E-state index contributed by atoms with van der Waals surface area (Å²) in [5.74, 6) is 8.39. The fraction of sp³-hybridized carbons (Fsp3) is 0.167. The van der Waals surface area contributed by atoms with E-state index in [0.717, 1.165) is 5.56 Å². The lowest BCUT2D eigenvalue weighted by Gasteiger charge is -2.08. The van der Waals surface area contributed by atoms with Crippen LogP contribution in [-0.4, -0.2) is 40.4 Å².